The molecule has 3 aromatic carbocycles. The zero-order valence-electron chi connectivity index (χ0n) is 24.1. The van der Waals surface area contributed by atoms with E-state index in [4.69, 9.17) is 9.47 Å². The average Bonchev–Trinajstić information content (AvgIpc) is 3.70. The number of aryl methyl sites for hydroxylation is 1. The molecular formula is C33H31N3O5S2. The minimum Gasteiger partial charge on any atom is -0.507 e. The molecule has 10 heteroatoms. The lowest BCUT2D eigenvalue weighted by atomic mass is 9.94. The maximum absolute atomic E-state index is 13.7. The summed E-state index contributed by atoms with van der Waals surface area (Å²) < 4.78 is 12.4. The Morgan fingerprint density at radius 2 is 1.93 bits per heavy atom. The number of hydrogen-bond donors (Lipinski definition) is 1. The molecular weight excluding hydrogens is 583 g/mol. The third kappa shape index (κ3) is 5.89. The molecule has 220 valence electrons. The van der Waals surface area contributed by atoms with E-state index in [-0.39, 0.29) is 22.6 Å². The molecule has 0 spiro atoms. The summed E-state index contributed by atoms with van der Waals surface area (Å²) in [5.41, 5.74) is 4.34. The van der Waals surface area contributed by atoms with Gasteiger partial charge in [0, 0.05) is 17.7 Å². The Kier molecular flexibility index (Phi) is 8.23. The molecule has 2 atom stereocenters. The molecule has 2 aliphatic rings. The Hall–Kier alpha value is -4.15. The van der Waals surface area contributed by atoms with Crippen molar-refractivity contribution < 1.29 is 24.2 Å². The van der Waals surface area contributed by atoms with Crippen LogP contribution in [0.2, 0.25) is 0 Å². The maximum atomic E-state index is 13.7. The normalized spacial score (nSPS) is 19.0. The number of amides is 1. The van der Waals surface area contributed by atoms with E-state index in [0.717, 1.165) is 23.3 Å². The van der Waals surface area contributed by atoms with Gasteiger partial charge in [0.1, 0.15) is 23.4 Å². The van der Waals surface area contributed by atoms with Crippen LogP contribution in [-0.2, 0) is 21.8 Å². The summed E-state index contributed by atoms with van der Waals surface area (Å²) in [5.74, 6) is 0.264. The van der Waals surface area contributed by atoms with Crippen molar-refractivity contribution in [3.8, 4) is 11.5 Å². The molecule has 1 amide bonds. The molecule has 0 bridgehead atoms. The zero-order valence-corrected chi connectivity index (χ0v) is 25.7. The number of nitrogens with zero attached hydrogens (tertiary/aromatic N) is 3. The Morgan fingerprint density at radius 1 is 1.12 bits per heavy atom. The standard InChI is InChI=1S/C33H31N3O5S2/c1-4-14-40-25-7-5-6-22(17-25)28-27(29(37)23-12-13-26-24(16-23)15-20(3)41-26)30(38)31(39)36(28)32-34-35-33(43-32)42-18-21-10-8-19(2)9-11-21/h5-13,16-17,20,28,37H,4,14-15,18H2,1-3H3/t20-,28-/m1/s1. The lowest BCUT2D eigenvalue weighted by Gasteiger charge is -2.23. The van der Waals surface area contributed by atoms with E-state index in [9.17, 15) is 14.7 Å². The van der Waals surface area contributed by atoms with E-state index in [1.165, 1.54) is 33.6 Å². The number of benzene rings is 3. The maximum Gasteiger partial charge on any atom is 0.301 e. The van der Waals surface area contributed by atoms with Crippen LogP contribution in [0.1, 0.15) is 54.1 Å². The molecule has 8 nitrogen and oxygen atoms in total. The van der Waals surface area contributed by atoms with Crippen molar-refractivity contribution in [3.05, 3.63) is 100 Å². The Bertz CT molecular complexity index is 1720. The SMILES string of the molecule is CCCOc1cccc([C@@H]2C(=C(O)c3ccc4c(c3)C[C@@H](C)O4)C(=O)C(=O)N2c2nnc(SCc3ccc(C)cc3)s2)c1. The Labute approximate surface area is 258 Å². The van der Waals surface area contributed by atoms with Gasteiger partial charge in [-0.2, -0.15) is 0 Å². The van der Waals surface area contributed by atoms with E-state index in [1.807, 2.05) is 45.0 Å². The second-order valence-electron chi connectivity index (χ2n) is 10.7. The van der Waals surface area contributed by atoms with Crippen molar-refractivity contribution in [3.63, 3.8) is 0 Å². The van der Waals surface area contributed by atoms with Gasteiger partial charge in [0.25, 0.3) is 5.78 Å². The number of rotatable bonds is 9. The molecule has 0 radical (unpaired) electrons. The fourth-order valence-electron chi connectivity index (χ4n) is 5.25. The second kappa shape index (κ2) is 12.2. The van der Waals surface area contributed by atoms with Gasteiger partial charge in [-0.05, 0) is 67.3 Å². The van der Waals surface area contributed by atoms with E-state index in [0.29, 0.717) is 40.0 Å². The van der Waals surface area contributed by atoms with Crippen LogP contribution in [0.25, 0.3) is 5.76 Å². The Morgan fingerprint density at radius 3 is 2.72 bits per heavy atom. The fourth-order valence-corrected chi connectivity index (χ4v) is 7.08. The van der Waals surface area contributed by atoms with Gasteiger partial charge >= 0.3 is 5.91 Å². The van der Waals surface area contributed by atoms with Crippen molar-refractivity contribution in [2.75, 3.05) is 11.5 Å². The van der Waals surface area contributed by atoms with Gasteiger partial charge in [0.15, 0.2) is 4.34 Å². The number of aliphatic hydroxyl groups is 1. The number of ketones is 1. The Balaban J connectivity index is 1.39. The van der Waals surface area contributed by atoms with Crippen molar-refractivity contribution in [1.82, 2.24) is 10.2 Å². The number of Topliss-reactive ketones (excluding diaryl/α,β-unsaturated/α-hetero) is 1. The van der Waals surface area contributed by atoms with Crippen molar-refractivity contribution in [2.24, 2.45) is 0 Å². The van der Waals surface area contributed by atoms with Crippen LogP contribution in [0.15, 0.2) is 76.6 Å². The van der Waals surface area contributed by atoms with Gasteiger partial charge in [-0.1, -0.05) is 72.0 Å². The molecule has 1 aromatic heterocycles. The predicted molar refractivity (Wildman–Crippen MR) is 168 cm³/mol. The van der Waals surface area contributed by atoms with E-state index >= 15 is 0 Å². The number of carbonyl (C=O) groups excluding carboxylic acids is 2. The molecule has 1 N–H and O–H groups in total. The molecule has 43 heavy (non-hydrogen) atoms. The van der Waals surface area contributed by atoms with Gasteiger partial charge in [-0.25, -0.2) is 0 Å². The number of carbonyl (C=O) groups is 2. The highest BCUT2D eigenvalue weighted by Gasteiger charge is 2.48. The quantitative estimate of drug-likeness (QED) is 0.0717. The van der Waals surface area contributed by atoms with Gasteiger partial charge in [0.2, 0.25) is 5.13 Å². The van der Waals surface area contributed by atoms with E-state index < -0.39 is 17.7 Å². The molecule has 4 aromatic rings. The van der Waals surface area contributed by atoms with Crippen LogP contribution >= 0.6 is 23.1 Å². The first-order chi connectivity index (χ1) is 20.8. The number of aliphatic hydroxyl groups excluding tert-OH is 1. The largest absolute Gasteiger partial charge is 0.507 e. The first-order valence-electron chi connectivity index (χ1n) is 14.2. The first kappa shape index (κ1) is 28.9. The molecule has 3 heterocycles. The van der Waals surface area contributed by atoms with Gasteiger partial charge in [-0.15, -0.1) is 10.2 Å². The predicted octanol–water partition coefficient (Wildman–Crippen LogP) is 6.88. The number of thioether (sulfide) groups is 1. The van der Waals surface area contributed by atoms with Crippen LogP contribution in [0.4, 0.5) is 5.13 Å². The number of ether oxygens (including phenoxy) is 2. The fraction of sp³-hybridized carbons (Fsp3) is 0.273. The van der Waals surface area contributed by atoms with E-state index in [1.54, 1.807) is 18.2 Å². The number of hydrogen-bond acceptors (Lipinski definition) is 9. The van der Waals surface area contributed by atoms with Crippen molar-refractivity contribution in [2.45, 2.75) is 55.9 Å². The molecule has 0 aliphatic carbocycles. The van der Waals surface area contributed by atoms with Gasteiger partial charge in [-0.3, -0.25) is 14.5 Å². The molecule has 6 rings (SSSR count). The zero-order chi connectivity index (χ0) is 30.1. The highest BCUT2D eigenvalue weighted by atomic mass is 32.2. The third-order valence-electron chi connectivity index (χ3n) is 7.35. The van der Waals surface area contributed by atoms with Crippen molar-refractivity contribution >= 4 is 45.7 Å². The van der Waals surface area contributed by atoms with Crippen molar-refractivity contribution in [1.29, 1.82) is 0 Å². The summed E-state index contributed by atoms with van der Waals surface area (Å²) in [5, 5.41) is 20.6. The first-order valence-corrected chi connectivity index (χ1v) is 16.0. The summed E-state index contributed by atoms with van der Waals surface area (Å²) in [6.07, 6.45) is 1.55. The molecule has 1 fully saturated rings. The number of aromatic nitrogens is 2. The number of fused-ring (bicyclic) bond motifs is 1. The average molecular weight is 614 g/mol. The monoisotopic (exact) mass is 613 g/mol. The summed E-state index contributed by atoms with van der Waals surface area (Å²) >= 11 is 2.76. The lowest BCUT2D eigenvalue weighted by Crippen LogP contribution is -2.29. The van der Waals surface area contributed by atoms with Crippen LogP contribution < -0.4 is 14.4 Å². The molecule has 0 unspecified atom stereocenters. The minimum atomic E-state index is -0.920. The van der Waals surface area contributed by atoms with Gasteiger partial charge in [0.05, 0.1) is 18.2 Å². The third-order valence-corrected chi connectivity index (χ3v) is 9.47. The summed E-state index contributed by atoms with van der Waals surface area (Å²) in [4.78, 5) is 28.7. The second-order valence-corrected chi connectivity index (χ2v) is 12.8. The van der Waals surface area contributed by atoms with Crippen LogP contribution in [0.5, 0.6) is 11.5 Å². The van der Waals surface area contributed by atoms with E-state index in [2.05, 4.69) is 34.5 Å². The summed E-state index contributed by atoms with van der Waals surface area (Å²) in [6.45, 7) is 6.57. The minimum absolute atomic E-state index is 0.00591. The smallest absolute Gasteiger partial charge is 0.301 e. The summed E-state index contributed by atoms with van der Waals surface area (Å²) in [6, 6.07) is 20.0. The van der Waals surface area contributed by atoms with Gasteiger partial charge < -0.3 is 14.6 Å². The highest BCUT2D eigenvalue weighted by Crippen LogP contribution is 2.45. The van der Waals surface area contributed by atoms with Crippen LogP contribution in [0, 0.1) is 6.92 Å². The molecule has 0 saturated carbocycles. The molecule has 2 aliphatic heterocycles. The van der Waals surface area contributed by atoms with Crippen LogP contribution in [-0.4, -0.2) is 39.7 Å². The lowest BCUT2D eigenvalue weighted by molar-refractivity contribution is -0.132. The molecule has 1 saturated heterocycles. The summed E-state index contributed by atoms with van der Waals surface area (Å²) in [7, 11) is 0. The highest BCUT2D eigenvalue weighted by molar-refractivity contribution is 8.00. The van der Waals surface area contributed by atoms with Crippen LogP contribution in [0.3, 0.4) is 0 Å². The topological polar surface area (TPSA) is 102 Å². The number of anilines is 1.